The van der Waals surface area contributed by atoms with Crippen molar-refractivity contribution < 1.29 is 9.90 Å². The summed E-state index contributed by atoms with van der Waals surface area (Å²) in [6.45, 7) is 4.44. The van der Waals surface area contributed by atoms with Gasteiger partial charge in [0.25, 0.3) is 0 Å². The van der Waals surface area contributed by atoms with Gasteiger partial charge < -0.3 is 5.11 Å². The number of aliphatic hydroxyl groups is 1. The normalized spacial score (nSPS) is 47.9. The van der Waals surface area contributed by atoms with Gasteiger partial charge in [-0.1, -0.05) is 13.8 Å². The molecular formula is C12H20O2. The molecule has 2 rings (SSSR count). The predicted octanol–water partition coefficient (Wildman–Crippen LogP) is 1.87. The first-order valence-electron chi connectivity index (χ1n) is 5.78. The first kappa shape index (κ1) is 10.2. The van der Waals surface area contributed by atoms with E-state index in [9.17, 15) is 9.90 Å². The van der Waals surface area contributed by atoms with Crippen LogP contribution in [0.2, 0.25) is 0 Å². The Labute approximate surface area is 85.7 Å². The van der Waals surface area contributed by atoms with Gasteiger partial charge in [0.1, 0.15) is 5.78 Å². The highest BCUT2D eigenvalue weighted by Crippen LogP contribution is 2.46. The third kappa shape index (κ3) is 1.50. The maximum Gasteiger partial charge on any atom is 0.139 e. The molecule has 0 amide bonds. The van der Waals surface area contributed by atoms with E-state index in [-0.39, 0.29) is 11.8 Å². The average Bonchev–Trinajstić information content (AvgIpc) is 2.23. The van der Waals surface area contributed by atoms with Crippen molar-refractivity contribution >= 4 is 5.78 Å². The highest BCUT2D eigenvalue weighted by Gasteiger charge is 2.43. The van der Waals surface area contributed by atoms with Gasteiger partial charge >= 0.3 is 0 Å². The summed E-state index contributed by atoms with van der Waals surface area (Å²) < 4.78 is 0. The fraction of sp³-hybridized carbons (Fsp3) is 0.917. The Bertz CT molecular complexity index is 212. The number of rotatable bonds is 1. The summed E-state index contributed by atoms with van der Waals surface area (Å²) in [6.07, 6.45) is 3.34. The fourth-order valence-electron chi connectivity index (χ4n) is 3.38. The molecule has 1 N–H and O–H groups in total. The lowest BCUT2D eigenvalue weighted by Crippen LogP contribution is -2.43. The molecule has 2 saturated carbocycles. The van der Waals surface area contributed by atoms with Crippen molar-refractivity contribution in [1.82, 2.24) is 0 Å². The van der Waals surface area contributed by atoms with Crippen molar-refractivity contribution in [2.45, 2.75) is 33.1 Å². The Morgan fingerprint density at radius 2 is 1.64 bits per heavy atom. The van der Waals surface area contributed by atoms with Gasteiger partial charge in [0.2, 0.25) is 0 Å². The van der Waals surface area contributed by atoms with Crippen LogP contribution in [-0.4, -0.2) is 17.5 Å². The zero-order chi connectivity index (χ0) is 10.3. The Hall–Kier alpha value is -0.370. The van der Waals surface area contributed by atoms with Crippen LogP contribution < -0.4 is 0 Å². The number of aliphatic hydroxyl groups excluding tert-OH is 1. The first-order chi connectivity index (χ1) is 6.63. The van der Waals surface area contributed by atoms with Crippen LogP contribution in [0.4, 0.5) is 0 Å². The lowest BCUT2D eigenvalue weighted by atomic mass is 9.60. The zero-order valence-corrected chi connectivity index (χ0v) is 9.07. The highest BCUT2D eigenvalue weighted by molar-refractivity contribution is 5.84. The molecule has 2 aliphatic carbocycles. The molecule has 80 valence electrons. The number of ketones is 1. The largest absolute Gasteiger partial charge is 0.396 e. The fourth-order valence-corrected chi connectivity index (χ4v) is 3.38. The van der Waals surface area contributed by atoms with E-state index in [1.165, 1.54) is 6.42 Å². The molecule has 0 saturated heterocycles. The molecule has 0 heterocycles. The number of fused-ring (bicyclic) bond motifs is 2. The van der Waals surface area contributed by atoms with Crippen LogP contribution >= 0.6 is 0 Å². The maximum atomic E-state index is 11.9. The number of Topliss-reactive ketones (excluding diaryl/α,β-unsaturated/α-hetero) is 1. The summed E-state index contributed by atoms with van der Waals surface area (Å²) in [5.74, 6) is 2.48. The third-order valence-corrected chi connectivity index (χ3v) is 4.45. The van der Waals surface area contributed by atoms with Crippen LogP contribution in [0.1, 0.15) is 33.1 Å². The second-order valence-electron chi connectivity index (χ2n) is 5.26. The van der Waals surface area contributed by atoms with Gasteiger partial charge in [-0.3, -0.25) is 4.79 Å². The number of carbonyl (C=O) groups is 1. The molecule has 2 bridgehead atoms. The lowest BCUT2D eigenvalue weighted by molar-refractivity contribution is -0.136. The van der Waals surface area contributed by atoms with E-state index in [4.69, 9.17) is 0 Å². The predicted molar refractivity (Wildman–Crippen MR) is 54.7 cm³/mol. The van der Waals surface area contributed by atoms with E-state index in [2.05, 4.69) is 13.8 Å². The Kier molecular flexibility index (Phi) is 2.65. The minimum absolute atomic E-state index is 0.232. The van der Waals surface area contributed by atoms with E-state index >= 15 is 0 Å². The molecule has 14 heavy (non-hydrogen) atoms. The minimum Gasteiger partial charge on any atom is -0.396 e. The summed E-state index contributed by atoms with van der Waals surface area (Å²) in [7, 11) is 0. The standard InChI is InChI=1S/C12H20O2/c1-7-10-3-9(6-13)4-11(5-10)8(2)12(7)14/h7-11,13H,3-6H2,1-2H3/t7-,8+,9?,10-,11-/m0/s1. The summed E-state index contributed by atoms with van der Waals surface area (Å²) >= 11 is 0. The third-order valence-electron chi connectivity index (χ3n) is 4.45. The molecule has 5 atom stereocenters. The Morgan fingerprint density at radius 3 is 2.07 bits per heavy atom. The van der Waals surface area contributed by atoms with Crippen LogP contribution in [0.25, 0.3) is 0 Å². The van der Waals surface area contributed by atoms with E-state index < -0.39 is 0 Å². The van der Waals surface area contributed by atoms with Crippen LogP contribution in [0.3, 0.4) is 0 Å². The number of hydrogen-bond donors (Lipinski definition) is 1. The molecule has 0 aromatic heterocycles. The SMILES string of the molecule is C[C@@H]1C(=O)[C@H](C)[C@H]2CC(CO)C[C@H]1C2. The molecule has 0 aliphatic heterocycles. The van der Waals surface area contributed by atoms with Gasteiger partial charge in [0.05, 0.1) is 0 Å². The van der Waals surface area contributed by atoms with E-state index in [0.717, 1.165) is 12.8 Å². The summed E-state index contributed by atoms with van der Waals surface area (Å²) in [5, 5.41) is 9.20. The summed E-state index contributed by atoms with van der Waals surface area (Å²) in [6, 6.07) is 0. The van der Waals surface area contributed by atoms with Gasteiger partial charge in [-0.15, -0.1) is 0 Å². The summed E-state index contributed by atoms with van der Waals surface area (Å²) in [4.78, 5) is 11.9. The Morgan fingerprint density at radius 1 is 1.14 bits per heavy atom. The first-order valence-corrected chi connectivity index (χ1v) is 5.78. The Balaban J connectivity index is 2.15. The van der Waals surface area contributed by atoms with Crippen molar-refractivity contribution in [3.05, 3.63) is 0 Å². The molecule has 0 spiro atoms. The average molecular weight is 196 g/mol. The van der Waals surface area contributed by atoms with Crippen LogP contribution in [0, 0.1) is 29.6 Å². The van der Waals surface area contributed by atoms with Crippen molar-refractivity contribution in [1.29, 1.82) is 0 Å². The van der Waals surface area contributed by atoms with Crippen LogP contribution in [-0.2, 0) is 4.79 Å². The molecule has 1 unspecified atom stereocenters. The van der Waals surface area contributed by atoms with Gasteiger partial charge in [0.15, 0.2) is 0 Å². The van der Waals surface area contributed by atoms with Gasteiger partial charge in [0, 0.05) is 18.4 Å². The topological polar surface area (TPSA) is 37.3 Å². The van der Waals surface area contributed by atoms with Gasteiger partial charge in [-0.2, -0.15) is 0 Å². The molecule has 2 nitrogen and oxygen atoms in total. The van der Waals surface area contributed by atoms with Crippen molar-refractivity contribution in [3.63, 3.8) is 0 Å². The summed E-state index contributed by atoms with van der Waals surface area (Å²) in [5.41, 5.74) is 0. The molecular weight excluding hydrogens is 176 g/mol. The maximum absolute atomic E-state index is 11.9. The monoisotopic (exact) mass is 196 g/mol. The molecule has 2 fully saturated rings. The van der Waals surface area contributed by atoms with Crippen LogP contribution in [0.5, 0.6) is 0 Å². The lowest BCUT2D eigenvalue weighted by Gasteiger charge is -2.44. The van der Waals surface area contributed by atoms with Crippen molar-refractivity contribution in [2.24, 2.45) is 29.6 Å². The van der Waals surface area contributed by atoms with Gasteiger partial charge in [-0.25, -0.2) is 0 Å². The number of carbonyl (C=O) groups excluding carboxylic acids is 1. The second kappa shape index (κ2) is 3.65. The van der Waals surface area contributed by atoms with E-state index in [1.54, 1.807) is 0 Å². The van der Waals surface area contributed by atoms with Crippen molar-refractivity contribution in [2.75, 3.05) is 6.61 Å². The van der Waals surface area contributed by atoms with Crippen molar-refractivity contribution in [3.8, 4) is 0 Å². The molecule has 0 aromatic carbocycles. The van der Waals surface area contributed by atoms with E-state index in [0.29, 0.717) is 30.1 Å². The minimum atomic E-state index is 0.232. The number of hydrogen-bond acceptors (Lipinski definition) is 2. The molecule has 2 heteroatoms. The molecule has 0 radical (unpaired) electrons. The quantitative estimate of drug-likeness (QED) is 0.695. The molecule has 2 aliphatic rings. The van der Waals surface area contributed by atoms with E-state index in [1.807, 2.05) is 0 Å². The molecule has 0 aromatic rings. The van der Waals surface area contributed by atoms with Gasteiger partial charge in [-0.05, 0) is 37.0 Å². The second-order valence-corrected chi connectivity index (χ2v) is 5.26. The smallest absolute Gasteiger partial charge is 0.139 e. The zero-order valence-electron chi connectivity index (χ0n) is 9.07. The van der Waals surface area contributed by atoms with Crippen LogP contribution in [0.15, 0.2) is 0 Å². The highest BCUT2D eigenvalue weighted by atomic mass is 16.3.